The van der Waals surface area contributed by atoms with Crippen molar-refractivity contribution in [3.63, 3.8) is 0 Å². The first-order valence-electron chi connectivity index (χ1n) is 9.06. The van der Waals surface area contributed by atoms with Gasteiger partial charge in [-0.2, -0.15) is 5.10 Å². The Morgan fingerprint density at radius 1 is 1.23 bits per heavy atom. The first kappa shape index (κ1) is 17.3. The summed E-state index contributed by atoms with van der Waals surface area (Å²) < 4.78 is 26.1. The first-order valence-corrected chi connectivity index (χ1v) is 10.9. The normalized spacial score (nSPS) is 27.3. The SMILES string of the molecule is CCn1cc(C2CS(=O)(=O)CCN2C(=O)C2CC2c2ccccc2)cn1. The number of amides is 1. The van der Waals surface area contributed by atoms with E-state index in [0.717, 1.165) is 12.0 Å². The Labute approximate surface area is 153 Å². The molecular formula is C19H23N3O3S. The highest BCUT2D eigenvalue weighted by molar-refractivity contribution is 7.91. The lowest BCUT2D eigenvalue weighted by Crippen LogP contribution is -2.46. The fraction of sp³-hybridized carbons (Fsp3) is 0.474. The summed E-state index contributed by atoms with van der Waals surface area (Å²) in [6, 6.07) is 9.64. The van der Waals surface area contributed by atoms with Gasteiger partial charge in [0.05, 0.1) is 23.7 Å². The van der Waals surface area contributed by atoms with Crippen molar-refractivity contribution in [3.8, 4) is 0 Å². The van der Waals surface area contributed by atoms with Crippen LogP contribution in [0.15, 0.2) is 42.7 Å². The number of hydrogen-bond acceptors (Lipinski definition) is 4. The van der Waals surface area contributed by atoms with Gasteiger partial charge in [-0.3, -0.25) is 9.48 Å². The number of carbonyl (C=O) groups excluding carboxylic acids is 1. The minimum Gasteiger partial charge on any atom is -0.333 e. The predicted octanol–water partition coefficient (Wildman–Crippen LogP) is 2.00. The molecule has 3 atom stereocenters. The van der Waals surface area contributed by atoms with Gasteiger partial charge in [0.25, 0.3) is 0 Å². The van der Waals surface area contributed by atoms with Crippen LogP contribution in [0.3, 0.4) is 0 Å². The van der Waals surface area contributed by atoms with Crippen LogP contribution >= 0.6 is 0 Å². The van der Waals surface area contributed by atoms with E-state index in [2.05, 4.69) is 17.2 Å². The summed E-state index contributed by atoms with van der Waals surface area (Å²) in [5.74, 6) is 0.308. The zero-order chi connectivity index (χ0) is 18.3. The van der Waals surface area contributed by atoms with Crippen molar-refractivity contribution in [1.82, 2.24) is 14.7 Å². The zero-order valence-corrected chi connectivity index (χ0v) is 15.6. The number of aryl methyl sites for hydroxylation is 1. The summed E-state index contributed by atoms with van der Waals surface area (Å²) in [4.78, 5) is 14.9. The highest BCUT2D eigenvalue weighted by atomic mass is 32.2. The van der Waals surface area contributed by atoms with Gasteiger partial charge >= 0.3 is 0 Å². The predicted molar refractivity (Wildman–Crippen MR) is 98.3 cm³/mol. The van der Waals surface area contributed by atoms with Gasteiger partial charge in [0, 0.05) is 30.8 Å². The second-order valence-corrected chi connectivity index (χ2v) is 9.38. The number of sulfone groups is 1. The Bertz CT molecular complexity index is 907. The van der Waals surface area contributed by atoms with Crippen LogP contribution in [0.2, 0.25) is 0 Å². The summed E-state index contributed by atoms with van der Waals surface area (Å²) in [6.07, 6.45) is 4.39. The summed E-state index contributed by atoms with van der Waals surface area (Å²) in [7, 11) is -3.15. The molecule has 0 bridgehead atoms. The maximum absolute atomic E-state index is 13.1. The summed E-state index contributed by atoms with van der Waals surface area (Å²) in [6.45, 7) is 2.96. The van der Waals surface area contributed by atoms with Gasteiger partial charge in [-0.05, 0) is 24.8 Å². The molecule has 1 saturated heterocycles. The molecule has 0 spiro atoms. The molecule has 0 radical (unpaired) electrons. The average Bonchev–Trinajstić information content (AvgIpc) is 3.30. The molecule has 2 aliphatic rings. The highest BCUT2D eigenvalue weighted by Gasteiger charge is 2.48. The van der Waals surface area contributed by atoms with Gasteiger partial charge in [0.2, 0.25) is 5.91 Å². The number of nitrogens with zero attached hydrogens (tertiary/aromatic N) is 3. The first-order chi connectivity index (χ1) is 12.5. The van der Waals surface area contributed by atoms with E-state index in [1.54, 1.807) is 15.8 Å². The number of rotatable bonds is 4. The average molecular weight is 373 g/mol. The second kappa shape index (κ2) is 6.54. The van der Waals surface area contributed by atoms with Crippen molar-refractivity contribution in [2.45, 2.75) is 31.8 Å². The molecule has 3 unspecified atom stereocenters. The largest absolute Gasteiger partial charge is 0.333 e. The van der Waals surface area contributed by atoms with Crippen LogP contribution in [0.4, 0.5) is 0 Å². The van der Waals surface area contributed by atoms with Gasteiger partial charge in [0.15, 0.2) is 9.84 Å². The van der Waals surface area contributed by atoms with Gasteiger partial charge < -0.3 is 4.90 Å². The number of hydrogen-bond donors (Lipinski definition) is 0. The molecule has 6 nitrogen and oxygen atoms in total. The Balaban J connectivity index is 1.56. The fourth-order valence-electron chi connectivity index (χ4n) is 3.82. The second-order valence-electron chi connectivity index (χ2n) is 7.15. The lowest BCUT2D eigenvalue weighted by molar-refractivity contribution is -0.134. The van der Waals surface area contributed by atoms with E-state index in [9.17, 15) is 13.2 Å². The van der Waals surface area contributed by atoms with Crippen molar-refractivity contribution < 1.29 is 13.2 Å². The van der Waals surface area contributed by atoms with Crippen LogP contribution in [-0.4, -0.2) is 47.1 Å². The minimum atomic E-state index is -3.15. The maximum Gasteiger partial charge on any atom is 0.226 e. The standard InChI is InChI=1S/C19H23N3O3S/c1-2-21-12-15(11-20-21)18-13-26(24,25)9-8-22(18)19(23)17-10-16(17)14-6-4-3-5-7-14/h3-7,11-12,16-18H,2,8-10,13H2,1H3. The quantitative estimate of drug-likeness (QED) is 0.822. The van der Waals surface area contributed by atoms with Crippen LogP contribution < -0.4 is 0 Å². The van der Waals surface area contributed by atoms with E-state index in [4.69, 9.17) is 0 Å². The molecular weight excluding hydrogens is 350 g/mol. The Hall–Kier alpha value is -2.15. The van der Waals surface area contributed by atoms with Crippen LogP contribution in [0, 0.1) is 5.92 Å². The maximum atomic E-state index is 13.1. The van der Waals surface area contributed by atoms with Gasteiger partial charge in [-0.1, -0.05) is 30.3 Å². The third-order valence-electron chi connectivity index (χ3n) is 5.41. The molecule has 2 aromatic rings. The smallest absolute Gasteiger partial charge is 0.226 e. The monoisotopic (exact) mass is 373 g/mol. The molecule has 4 rings (SSSR count). The summed E-state index contributed by atoms with van der Waals surface area (Å²) in [5, 5.41) is 4.26. The molecule has 138 valence electrons. The van der Waals surface area contributed by atoms with E-state index < -0.39 is 15.9 Å². The van der Waals surface area contributed by atoms with Gasteiger partial charge in [-0.15, -0.1) is 0 Å². The van der Waals surface area contributed by atoms with Crippen molar-refractivity contribution in [2.24, 2.45) is 5.92 Å². The third-order valence-corrected chi connectivity index (χ3v) is 7.04. The topological polar surface area (TPSA) is 72.3 Å². The van der Waals surface area contributed by atoms with E-state index in [0.29, 0.717) is 6.54 Å². The third kappa shape index (κ3) is 3.28. The molecule has 7 heteroatoms. The molecule has 1 saturated carbocycles. The lowest BCUT2D eigenvalue weighted by Gasteiger charge is -2.35. The molecule has 1 aromatic carbocycles. The molecule has 1 amide bonds. The van der Waals surface area contributed by atoms with Crippen molar-refractivity contribution in [2.75, 3.05) is 18.1 Å². The molecule has 0 N–H and O–H groups in total. The Kier molecular flexibility index (Phi) is 4.34. The van der Waals surface area contributed by atoms with Crippen molar-refractivity contribution in [3.05, 3.63) is 53.9 Å². The number of aromatic nitrogens is 2. The van der Waals surface area contributed by atoms with Crippen LogP contribution in [0.25, 0.3) is 0 Å². The number of carbonyl (C=O) groups is 1. The van der Waals surface area contributed by atoms with E-state index in [-0.39, 0.29) is 35.8 Å². The van der Waals surface area contributed by atoms with Crippen LogP contribution in [0.1, 0.15) is 36.4 Å². The van der Waals surface area contributed by atoms with Crippen LogP contribution in [-0.2, 0) is 21.2 Å². The summed E-state index contributed by atoms with van der Waals surface area (Å²) in [5.41, 5.74) is 1.99. The fourth-order valence-corrected chi connectivity index (χ4v) is 5.32. The van der Waals surface area contributed by atoms with E-state index in [1.807, 2.05) is 31.3 Å². The molecule has 2 fully saturated rings. The molecule has 2 heterocycles. The zero-order valence-electron chi connectivity index (χ0n) is 14.8. The lowest BCUT2D eigenvalue weighted by atomic mass is 10.1. The summed E-state index contributed by atoms with van der Waals surface area (Å²) >= 11 is 0. The van der Waals surface area contributed by atoms with Gasteiger partial charge in [-0.25, -0.2) is 8.42 Å². The minimum absolute atomic E-state index is 0.0170. The highest BCUT2D eigenvalue weighted by Crippen LogP contribution is 2.49. The van der Waals surface area contributed by atoms with Gasteiger partial charge in [0.1, 0.15) is 0 Å². The molecule has 1 aliphatic heterocycles. The van der Waals surface area contributed by atoms with Crippen molar-refractivity contribution in [1.29, 1.82) is 0 Å². The molecule has 26 heavy (non-hydrogen) atoms. The Morgan fingerprint density at radius 2 is 2.00 bits per heavy atom. The van der Waals surface area contributed by atoms with E-state index in [1.165, 1.54) is 5.56 Å². The number of benzene rings is 1. The molecule has 1 aliphatic carbocycles. The van der Waals surface area contributed by atoms with Crippen LogP contribution in [0.5, 0.6) is 0 Å². The van der Waals surface area contributed by atoms with E-state index >= 15 is 0 Å². The Morgan fingerprint density at radius 3 is 2.69 bits per heavy atom. The molecule has 1 aromatic heterocycles. The van der Waals surface area contributed by atoms with Crippen molar-refractivity contribution >= 4 is 15.7 Å².